The summed E-state index contributed by atoms with van der Waals surface area (Å²) in [5, 5.41) is 2.80. The zero-order valence-corrected chi connectivity index (χ0v) is 11.8. The minimum atomic E-state index is -0.489. The Morgan fingerprint density at radius 3 is 2.95 bits per heavy atom. The van der Waals surface area contributed by atoms with Gasteiger partial charge >= 0.3 is 0 Å². The number of nitrogens with one attached hydrogen (secondary N) is 1. The van der Waals surface area contributed by atoms with Gasteiger partial charge < -0.3 is 16.0 Å². The summed E-state index contributed by atoms with van der Waals surface area (Å²) in [6.45, 7) is 2.73. The monoisotopic (exact) mass is 275 g/mol. The highest BCUT2D eigenvalue weighted by atomic mass is 16.2. The summed E-state index contributed by atoms with van der Waals surface area (Å²) in [5.74, 6) is -0.0482. The molecule has 0 aromatic heterocycles. The number of nitrogens with zero attached hydrogens (tertiary/aromatic N) is 1. The Morgan fingerprint density at radius 1 is 1.50 bits per heavy atom. The Kier molecular flexibility index (Phi) is 4.74. The van der Waals surface area contributed by atoms with Gasteiger partial charge in [-0.3, -0.25) is 9.59 Å². The third-order valence-corrected chi connectivity index (χ3v) is 3.44. The van der Waals surface area contributed by atoms with Gasteiger partial charge in [-0.25, -0.2) is 0 Å². The molecule has 3 N–H and O–H groups in total. The van der Waals surface area contributed by atoms with E-state index in [9.17, 15) is 9.59 Å². The van der Waals surface area contributed by atoms with Crippen molar-refractivity contribution in [1.82, 2.24) is 0 Å². The van der Waals surface area contributed by atoms with Crippen molar-refractivity contribution in [3.8, 4) is 0 Å². The maximum absolute atomic E-state index is 11.9. The molecule has 0 spiro atoms. The zero-order chi connectivity index (χ0) is 14.5. The normalized spacial score (nSPS) is 16.3. The largest absolute Gasteiger partial charge is 0.325 e. The van der Waals surface area contributed by atoms with E-state index in [-0.39, 0.29) is 11.8 Å². The van der Waals surface area contributed by atoms with Crippen molar-refractivity contribution in [2.75, 3.05) is 16.8 Å². The van der Waals surface area contributed by atoms with E-state index in [2.05, 4.69) is 5.32 Å². The van der Waals surface area contributed by atoms with Gasteiger partial charge in [0.1, 0.15) is 0 Å². The lowest BCUT2D eigenvalue weighted by molar-refractivity contribution is -0.118. The van der Waals surface area contributed by atoms with Crippen LogP contribution in [0.5, 0.6) is 0 Å². The fraction of sp³-hybridized carbons (Fsp3) is 0.467. The number of hydrogen-bond donors (Lipinski definition) is 2. The van der Waals surface area contributed by atoms with Crippen LogP contribution in [0.1, 0.15) is 32.6 Å². The van der Waals surface area contributed by atoms with Gasteiger partial charge in [0.25, 0.3) is 0 Å². The van der Waals surface area contributed by atoms with Crippen molar-refractivity contribution in [1.29, 1.82) is 0 Å². The SMILES string of the molecule is CCCC(N)C(=O)Nc1cccc(N2CCCC2=O)c1. The lowest BCUT2D eigenvalue weighted by Crippen LogP contribution is -2.35. The second-order valence-corrected chi connectivity index (χ2v) is 5.08. The summed E-state index contributed by atoms with van der Waals surface area (Å²) >= 11 is 0. The van der Waals surface area contributed by atoms with E-state index in [0.29, 0.717) is 18.5 Å². The third kappa shape index (κ3) is 3.36. The van der Waals surface area contributed by atoms with Gasteiger partial charge in [-0.2, -0.15) is 0 Å². The first-order valence-electron chi connectivity index (χ1n) is 7.08. The van der Waals surface area contributed by atoms with Crippen molar-refractivity contribution in [3.05, 3.63) is 24.3 Å². The summed E-state index contributed by atoms with van der Waals surface area (Å²) in [6, 6.07) is 6.85. The van der Waals surface area contributed by atoms with Crippen LogP contribution in [0.25, 0.3) is 0 Å². The van der Waals surface area contributed by atoms with Crippen molar-refractivity contribution >= 4 is 23.2 Å². The van der Waals surface area contributed by atoms with E-state index < -0.39 is 6.04 Å². The van der Waals surface area contributed by atoms with Gasteiger partial charge in [-0.15, -0.1) is 0 Å². The average Bonchev–Trinajstić information content (AvgIpc) is 2.85. The Morgan fingerprint density at radius 2 is 2.30 bits per heavy atom. The molecule has 0 saturated carbocycles. The van der Waals surface area contributed by atoms with Crippen LogP contribution in [0.15, 0.2) is 24.3 Å². The number of nitrogens with two attached hydrogens (primary N) is 1. The molecule has 20 heavy (non-hydrogen) atoms. The van der Waals surface area contributed by atoms with E-state index in [1.54, 1.807) is 11.0 Å². The van der Waals surface area contributed by atoms with Crippen molar-refractivity contribution in [2.45, 2.75) is 38.6 Å². The van der Waals surface area contributed by atoms with Crippen LogP contribution in [-0.2, 0) is 9.59 Å². The van der Waals surface area contributed by atoms with Crippen LogP contribution in [0.2, 0.25) is 0 Å². The van der Waals surface area contributed by atoms with Crippen LogP contribution >= 0.6 is 0 Å². The molecule has 108 valence electrons. The first-order valence-corrected chi connectivity index (χ1v) is 7.08. The molecule has 0 aliphatic carbocycles. The zero-order valence-electron chi connectivity index (χ0n) is 11.8. The second-order valence-electron chi connectivity index (χ2n) is 5.08. The quantitative estimate of drug-likeness (QED) is 0.861. The molecule has 1 aliphatic rings. The minimum absolute atomic E-state index is 0.135. The van der Waals surface area contributed by atoms with E-state index in [4.69, 9.17) is 5.73 Å². The van der Waals surface area contributed by atoms with Crippen LogP contribution in [0.4, 0.5) is 11.4 Å². The molecule has 2 amide bonds. The molecule has 1 heterocycles. The molecule has 2 rings (SSSR count). The summed E-state index contributed by atoms with van der Waals surface area (Å²) in [4.78, 5) is 25.4. The van der Waals surface area contributed by atoms with Gasteiger partial charge in [-0.1, -0.05) is 19.4 Å². The summed E-state index contributed by atoms with van der Waals surface area (Å²) < 4.78 is 0. The summed E-state index contributed by atoms with van der Waals surface area (Å²) in [6.07, 6.45) is 3.02. The highest BCUT2D eigenvalue weighted by Gasteiger charge is 2.22. The standard InChI is InChI=1S/C15H21N3O2/c1-2-5-13(16)15(20)17-11-6-3-7-12(10-11)18-9-4-8-14(18)19/h3,6-7,10,13H,2,4-5,8-9,16H2,1H3,(H,17,20). The highest BCUT2D eigenvalue weighted by molar-refractivity contribution is 5.98. The van der Waals surface area contributed by atoms with Crippen molar-refractivity contribution in [2.24, 2.45) is 5.73 Å². The Labute approximate surface area is 119 Å². The van der Waals surface area contributed by atoms with Crippen LogP contribution in [-0.4, -0.2) is 24.4 Å². The van der Waals surface area contributed by atoms with Gasteiger partial charge in [0, 0.05) is 24.3 Å². The molecule has 5 heteroatoms. The van der Waals surface area contributed by atoms with Crippen LogP contribution in [0, 0.1) is 0 Å². The van der Waals surface area contributed by atoms with Crippen LogP contribution in [0.3, 0.4) is 0 Å². The lowest BCUT2D eigenvalue weighted by Gasteiger charge is -2.17. The highest BCUT2D eigenvalue weighted by Crippen LogP contribution is 2.24. The molecular weight excluding hydrogens is 254 g/mol. The molecule has 1 aromatic carbocycles. The Balaban J connectivity index is 2.06. The van der Waals surface area contributed by atoms with Crippen molar-refractivity contribution in [3.63, 3.8) is 0 Å². The smallest absolute Gasteiger partial charge is 0.241 e. The average molecular weight is 275 g/mol. The number of hydrogen-bond acceptors (Lipinski definition) is 3. The predicted octanol–water partition coefficient (Wildman–Crippen LogP) is 1.88. The van der Waals surface area contributed by atoms with Crippen LogP contribution < -0.4 is 16.0 Å². The Bertz CT molecular complexity index is 502. The van der Waals surface area contributed by atoms with Gasteiger partial charge in [0.15, 0.2) is 0 Å². The molecular formula is C15H21N3O2. The number of benzene rings is 1. The molecule has 0 radical (unpaired) electrons. The molecule has 5 nitrogen and oxygen atoms in total. The van der Waals surface area contributed by atoms with Crippen molar-refractivity contribution < 1.29 is 9.59 Å². The summed E-state index contributed by atoms with van der Waals surface area (Å²) in [5.41, 5.74) is 7.29. The second kappa shape index (κ2) is 6.52. The van der Waals surface area contributed by atoms with Gasteiger partial charge in [0.2, 0.25) is 11.8 Å². The fourth-order valence-corrected chi connectivity index (χ4v) is 2.35. The van der Waals surface area contributed by atoms with E-state index in [0.717, 1.165) is 25.1 Å². The fourth-order valence-electron chi connectivity index (χ4n) is 2.35. The third-order valence-electron chi connectivity index (χ3n) is 3.44. The molecule has 1 atom stereocenters. The number of carbonyl (C=O) groups excluding carboxylic acids is 2. The molecule has 1 fully saturated rings. The number of amides is 2. The van der Waals surface area contributed by atoms with E-state index in [1.807, 2.05) is 25.1 Å². The molecule has 1 aromatic rings. The summed E-state index contributed by atoms with van der Waals surface area (Å²) in [7, 11) is 0. The van der Waals surface area contributed by atoms with Gasteiger partial charge in [-0.05, 0) is 31.0 Å². The number of anilines is 2. The maximum Gasteiger partial charge on any atom is 0.241 e. The topological polar surface area (TPSA) is 75.4 Å². The van der Waals surface area contributed by atoms with E-state index >= 15 is 0 Å². The first kappa shape index (κ1) is 14.5. The molecule has 0 bridgehead atoms. The predicted molar refractivity (Wildman–Crippen MR) is 79.5 cm³/mol. The lowest BCUT2D eigenvalue weighted by atomic mass is 10.1. The van der Waals surface area contributed by atoms with E-state index in [1.165, 1.54) is 0 Å². The van der Waals surface area contributed by atoms with Gasteiger partial charge in [0.05, 0.1) is 6.04 Å². The molecule has 1 saturated heterocycles. The first-order chi connectivity index (χ1) is 9.61. The Hall–Kier alpha value is -1.88. The maximum atomic E-state index is 11.9. The molecule has 1 unspecified atom stereocenters. The minimum Gasteiger partial charge on any atom is -0.325 e. The number of carbonyl (C=O) groups is 2. The molecule has 1 aliphatic heterocycles. The number of rotatable bonds is 5.